The molecule has 8 rings (SSSR count). The van der Waals surface area contributed by atoms with Crippen molar-refractivity contribution in [2.45, 2.75) is 33.4 Å². The van der Waals surface area contributed by atoms with E-state index < -0.39 is 6.04 Å². The summed E-state index contributed by atoms with van der Waals surface area (Å²) in [4.78, 5) is 60.5. The molecule has 8 aromatic heterocycles. The van der Waals surface area contributed by atoms with Crippen LogP contribution in [-0.4, -0.2) is 48.7 Å². The van der Waals surface area contributed by atoms with E-state index >= 15 is 0 Å². The summed E-state index contributed by atoms with van der Waals surface area (Å²) in [7, 11) is 0. The van der Waals surface area contributed by atoms with Crippen molar-refractivity contribution in [1.82, 2.24) is 48.7 Å². The summed E-state index contributed by atoms with van der Waals surface area (Å²) < 4.78 is 2.96. The minimum atomic E-state index is -0.471. The van der Waals surface area contributed by atoms with Crippen molar-refractivity contribution in [3.8, 4) is 34.7 Å². The van der Waals surface area contributed by atoms with Crippen molar-refractivity contribution in [1.29, 1.82) is 10.5 Å². The van der Waals surface area contributed by atoms with Gasteiger partial charge in [0.2, 0.25) is 0 Å². The number of hydrogen-bond donors (Lipinski definition) is 4. The number of rotatable bonds is 8. The normalized spacial score (nSPS) is 11.2. The van der Waals surface area contributed by atoms with Crippen LogP contribution in [0.15, 0.2) is 108 Å². The second-order valence-corrected chi connectivity index (χ2v) is 13.1. The van der Waals surface area contributed by atoms with E-state index in [0.29, 0.717) is 45.2 Å². The summed E-state index contributed by atoms with van der Waals surface area (Å²) in [5, 5.41) is 24.9. The molecule has 0 radical (unpaired) electrons. The lowest BCUT2D eigenvalue weighted by molar-refractivity contribution is 0.820. The molecule has 0 saturated carbocycles. The van der Waals surface area contributed by atoms with Crippen molar-refractivity contribution in [2.24, 2.45) is 0 Å². The number of fused-ring (bicyclic) bond motifs is 2. The van der Waals surface area contributed by atoms with Crippen LogP contribution in [0.2, 0.25) is 0 Å². The molecule has 8 aromatic rings. The molecule has 1 atom stereocenters. The molecule has 290 valence electrons. The van der Waals surface area contributed by atoms with Crippen LogP contribution in [-0.2, 0) is 6.54 Å². The van der Waals surface area contributed by atoms with Gasteiger partial charge in [0, 0.05) is 24.8 Å². The van der Waals surface area contributed by atoms with Gasteiger partial charge in [-0.2, -0.15) is 10.5 Å². The molecule has 8 heterocycles. The van der Waals surface area contributed by atoms with Crippen LogP contribution in [0.25, 0.3) is 33.8 Å². The Kier molecular flexibility index (Phi) is 10.9. The smallest absolute Gasteiger partial charge is 0.267 e. The van der Waals surface area contributed by atoms with Crippen LogP contribution in [0, 0.1) is 36.5 Å². The number of aryl methyl sites for hydroxylation is 2. The SMILES string of the molecule is Cc1ccnc(-c2c(C(C)Nc3ncnc(N)c3C#N)nc3ccccn3c2=O)c1.Cc1ccnc(-c2c(CNc3ncnc(N)c3C#N)nc3ccccn3c2=O)c1. The lowest BCUT2D eigenvalue weighted by atomic mass is 10.0. The standard InChI is InChI=1S/C21H18N8O.C20H16N8O/c1-12-6-7-24-15(9-12)17-18(28-16-5-3-4-8-29(16)21(17)30)13(2)27-20-14(10-22)19(23)25-11-26-20;1-12-5-6-23-14(8-12)17-15(27-16-4-2-3-7-28(16)20(17)29)10-24-19-13(9-21)18(22)25-11-26-19/h3-9,11,13H,1-2H3,(H3,23,25,26,27);2-8,11H,10H2,1H3,(H3,22,24,25,26). The van der Waals surface area contributed by atoms with Crippen molar-refractivity contribution in [3.05, 3.63) is 152 Å². The van der Waals surface area contributed by atoms with Gasteiger partial charge in [0.1, 0.15) is 70.5 Å². The van der Waals surface area contributed by atoms with E-state index in [9.17, 15) is 20.1 Å². The first-order chi connectivity index (χ1) is 28.6. The number of hydrogen-bond acceptors (Lipinski definition) is 16. The van der Waals surface area contributed by atoms with Crippen molar-refractivity contribution in [2.75, 3.05) is 22.1 Å². The Labute approximate surface area is 335 Å². The molecule has 0 saturated heterocycles. The molecule has 59 heavy (non-hydrogen) atoms. The molecule has 0 bridgehead atoms. The van der Waals surface area contributed by atoms with Crippen LogP contribution in [0.5, 0.6) is 0 Å². The van der Waals surface area contributed by atoms with E-state index in [0.717, 1.165) is 11.1 Å². The molecular weight excluding hydrogens is 749 g/mol. The van der Waals surface area contributed by atoms with Gasteiger partial charge in [0.25, 0.3) is 11.1 Å². The third kappa shape index (κ3) is 7.90. The molecule has 1 unspecified atom stereocenters. The average molecular weight is 783 g/mol. The second-order valence-electron chi connectivity index (χ2n) is 13.1. The highest BCUT2D eigenvalue weighted by atomic mass is 16.1. The predicted octanol–water partition coefficient (Wildman–Crippen LogP) is 4.40. The fraction of sp³-hybridized carbons (Fsp3) is 0.122. The maximum Gasteiger partial charge on any atom is 0.267 e. The van der Waals surface area contributed by atoms with Crippen molar-refractivity contribution >= 4 is 34.6 Å². The molecule has 0 aliphatic rings. The maximum atomic E-state index is 13.4. The number of nitriles is 2. The Morgan fingerprint density at radius 1 is 0.695 bits per heavy atom. The molecule has 0 fully saturated rings. The van der Waals surface area contributed by atoms with Gasteiger partial charge in [-0.1, -0.05) is 12.1 Å². The molecule has 0 amide bonds. The van der Waals surface area contributed by atoms with Crippen LogP contribution < -0.4 is 33.2 Å². The number of aromatic nitrogens is 10. The van der Waals surface area contributed by atoms with E-state index in [1.165, 1.54) is 21.5 Å². The summed E-state index contributed by atoms with van der Waals surface area (Å²) in [6, 6.07) is 21.6. The number of anilines is 4. The highest BCUT2D eigenvalue weighted by molar-refractivity contribution is 5.68. The number of nitrogen functional groups attached to an aromatic ring is 2. The summed E-state index contributed by atoms with van der Waals surface area (Å²) in [6.07, 6.45) is 9.19. The zero-order valence-electron chi connectivity index (χ0n) is 31.9. The molecule has 18 nitrogen and oxygen atoms in total. The number of nitrogens with two attached hydrogens (primary N) is 2. The number of nitrogens with one attached hydrogen (secondary N) is 2. The van der Waals surface area contributed by atoms with E-state index in [1.54, 1.807) is 49.1 Å². The zero-order valence-corrected chi connectivity index (χ0v) is 31.9. The fourth-order valence-electron chi connectivity index (χ4n) is 6.23. The molecule has 0 aliphatic heterocycles. The Morgan fingerprint density at radius 3 is 1.80 bits per heavy atom. The Bertz CT molecular complexity index is 3090. The topological polar surface area (TPSA) is 270 Å². The molecule has 18 heteroatoms. The highest BCUT2D eigenvalue weighted by Crippen LogP contribution is 2.28. The van der Waals surface area contributed by atoms with E-state index in [2.05, 4.69) is 45.5 Å². The first kappa shape index (κ1) is 38.6. The van der Waals surface area contributed by atoms with Gasteiger partial charge in [-0.15, -0.1) is 0 Å². The third-order valence-electron chi connectivity index (χ3n) is 9.08. The predicted molar refractivity (Wildman–Crippen MR) is 221 cm³/mol. The Balaban J connectivity index is 0.000000179. The largest absolute Gasteiger partial charge is 0.382 e. The monoisotopic (exact) mass is 782 g/mol. The first-order valence-electron chi connectivity index (χ1n) is 18.0. The van der Waals surface area contributed by atoms with Crippen LogP contribution in [0.4, 0.5) is 23.3 Å². The summed E-state index contributed by atoms with van der Waals surface area (Å²) in [5.41, 5.74) is 17.1. The van der Waals surface area contributed by atoms with Crippen molar-refractivity contribution < 1.29 is 0 Å². The number of pyridine rings is 4. The molecule has 0 aliphatic carbocycles. The van der Waals surface area contributed by atoms with Gasteiger partial charge in [-0.05, 0) is 80.4 Å². The van der Waals surface area contributed by atoms with Gasteiger partial charge >= 0.3 is 0 Å². The van der Waals surface area contributed by atoms with Gasteiger partial charge in [0.05, 0.1) is 46.5 Å². The van der Waals surface area contributed by atoms with Gasteiger partial charge < -0.3 is 22.1 Å². The zero-order chi connectivity index (χ0) is 41.6. The summed E-state index contributed by atoms with van der Waals surface area (Å²) in [5.74, 6) is 0.709. The molecule has 0 spiro atoms. The van der Waals surface area contributed by atoms with Gasteiger partial charge in [-0.25, -0.2) is 29.9 Å². The lowest BCUT2D eigenvalue weighted by Crippen LogP contribution is -2.23. The molecule has 0 aromatic carbocycles. The van der Waals surface area contributed by atoms with Crippen molar-refractivity contribution in [3.63, 3.8) is 0 Å². The highest BCUT2D eigenvalue weighted by Gasteiger charge is 2.23. The minimum Gasteiger partial charge on any atom is -0.382 e. The van der Waals surface area contributed by atoms with E-state index in [-0.39, 0.29) is 52.1 Å². The first-order valence-corrected chi connectivity index (χ1v) is 18.0. The number of nitrogens with zero attached hydrogens (tertiary/aromatic N) is 12. The minimum absolute atomic E-state index is 0.0781. The summed E-state index contributed by atoms with van der Waals surface area (Å²) in [6.45, 7) is 5.84. The third-order valence-corrected chi connectivity index (χ3v) is 9.08. The van der Waals surface area contributed by atoms with E-state index in [1.807, 2.05) is 69.3 Å². The van der Waals surface area contributed by atoms with E-state index in [4.69, 9.17) is 16.5 Å². The average Bonchev–Trinajstić information content (AvgIpc) is 3.23. The van der Waals surface area contributed by atoms with Crippen LogP contribution in [0.1, 0.15) is 46.6 Å². The Morgan fingerprint density at radius 2 is 1.22 bits per heavy atom. The molecule has 6 N–H and O–H groups in total. The lowest BCUT2D eigenvalue weighted by Gasteiger charge is -2.19. The van der Waals surface area contributed by atoms with Gasteiger partial charge in [0.15, 0.2) is 0 Å². The second kappa shape index (κ2) is 16.6. The van der Waals surface area contributed by atoms with Gasteiger partial charge in [-0.3, -0.25) is 28.4 Å². The van der Waals surface area contributed by atoms with Crippen LogP contribution in [0.3, 0.4) is 0 Å². The maximum absolute atomic E-state index is 13.4. The Hall–Kier alpha value is -8.64. The fourth-order valence-corrected chi connectivity index (χ4v) is 6.23. The molecular formula is C41H34N16O2. The summed E-state index contributed by atoms with van der Waals surface area (Å²) >= 11 is 0. The van der Waals surface area contributed by atoms with Crippen LogP contribution >= 0.6 is 0 Å². The quantitative estimate of drug-likeness (QED) is 0.166.